The molecular formula is C86H56N2S2. The molecule has 4 heteroatoms. The molecule has 0 aliphatic heterocycles. The zero-order valence-electron chi connectivity index (χ0n) is 49.0. The quantitative estimate of drug-likeness (QED) is 0.120. The van der Waals surface area contributed by atoms with Gasteiger partial charge in [0.05, 0.1) is 5.69 Å². The minimum absolute atomic E-state index is 1.08. The molecule has 0 saturated carbocycles. The van der Waals surface area contributed by atoms with E-state index in [1.54, 1.807) is 0 Å². The van der Waals surface area contributed by atoms with Crippen LogP contribution < -0.4 is 9.80 Å². The summed E-state index contributed by atoms with van der Waals surface area (Å²) in [5, 5.41) is 10.0. The van der Waals surface area contributed by atoms with E-state index < -0.39 is 0 Å². The number of nitrogens with zero attached hydrogens (tertiary/aromatic N) is 2. The summed E-state index contributed by atoms with van der Waals surface area (Å²) in [6.45, 7) is 0. The van der Waals surface area contributed by atoms with Gasteiger partial charge in [-0.1, -0.05) is 249 Å². The van der Waals surface area contributed by atoms with Crippen molar-refractivity contribution in [3.05, 3.63) is 340 Å². The monoisotopic (exact) mass is 1180 g/mol. The van der Waals surface area contributed by atoms with Gasteiger partial charge in [0.25, 0.3) is 0 Å². The van der Waals surface area contributed by atoms with Gasteiger partial charge in [0, 0.05) is 79.9 Å². The van der Waals surface area contributed by atoms with Gasteiger partial charge in [-0.2, -0.15) is 0 Å². The van der Waals surface area contributed by atoms with Crippen molar-refractivity contribution in [3.8, 4) is 66.8 Å². The molecule has 17 aromatic rings. The molecule has 0 spiro atoms. The number of fused-ring (bicyclic) bond motifs is 8. The molecule has 0 aliphatic rings. The Bertz CT molecular complexity index is 5570. The van der Waals surface area contributed by atoms with Crippen molar-refractivity contribution >= 4 is 119 Å². The third kappa shape index (κ3) is 9.58. The number of hydrogen-bond donors (Lipinski definition) is 0. The van der Waals surface area contributed by atoms with Crippen molar-refractivity contribution in [1.82, 2.24) is 0 Å². The lowest BCUT2D eigenvalue weighted by Gasteiger charge is -2.28. The fraction of sp³-hybridized carbons (Fsp3) is 0. The lowest BCUT2D eigenvalue weighted by Crippen LogP contribution is -2.11. The topological polar surface area (TPSA) is 6.48 Å². The lowest BCUT2D eigenvalue weighted by molar-refractivity contribution is 1.28. The molecule has 90 heavy (non-hydrogen) atoms. The summed E-state index contributed by atoms with van der Waals surface area (Å²) in [6.07, 6.45) is 0. The normalized spacial score (nSPS) is 11.6. The molecule has 2 aromatic heterocycles. The Balaban J connectivity index is 0.792. The number of anilines is 6. The Kier molecular flexibility index (Phi) is 13.3. The van der Waals surface area contributed by atoms with Crippen molar-refractivity contribution in [1.29, 1.82) is 0 Å². The second-order valence-electron chi connectivity index (χ2n) is 23.2. The van der Waals surface area contributed by atoms with Crippen LogP contribution in [0.5, 0.6) is 0 Å². The summed E-state index contributed by atoms with van der Waals surface area (Å²) in [5.41, 5.74) is 20.8. The summed E-state index contributed by atoms with van der Waals surface area (Å²) < 4.78 is 5.12. The number of hydrogen-bond acceptors (Lipinski definition) is 4. The molecule has 17 rings (SSSR count). The van der Waals surface area contributed by atoms with E-state index in [4.69, 9.17) is 0 Å². The van der Waals surface area contributed by atoms with Crippen LogP contribution in [0.4, 0.5) is 34.1 Å². The van der Waals surface area contributed by atoms with Crippen molar-refractivity contribution in [2.45, 2.75) is 0 Å². The van der Waals surface area contributed by atoms with Gasteiger partial charge in [-0.3, -0.25) is 0 Å². The number of benzene rings is 15. The van der Waals surface area contributed by atoms with Gasteiger partial charge in [0.15, 0.2) is 0 Å². The van der Waals surface area contributed by atoms with E-state index >= 15 is 0 Å². The SMILES string of the molecule is c1ccc(-c2ccc(N(c3cccc(-c4ccc5ccccc5c4)c3)c3ccccc3-c3cccc4c3sc3cc(-c5ccc(N(c6ccccc6)c6cccc(-c7cccc8c7sc7ccccc78)c6)cc5-c5ccc6ccccc6c5)ccc34)cc2)cc1. The van der Waals surface area contributed by atoms with Gasteiger partial charge in [0.1, 0.15) is 0 Å². The van der Waals surface area contributed by atoms with Crippen LogP contribution >= 0.6 is 22.7 Å². The first kappa shape index (κ1) is 53.1. The summed E-state index contributed by atoms with van der Waals surface area (Å²) in [4.78, 5) is 4.86. The minimum Gasteiger partial charge on any atom is -0.310 e. The Labute approximate surface area is 531 Å². The van der Waals surface area contributed by atoms with Gasteiger partial charge in [-0.25, -0.2) is 0 Å². The van der Waals surface area contributed by atoms with E-state index in [2.05, 4.69) is 350 Å². The standard InChI is InChI=1S/C86H56N2S2/c1-3-19-57(20-4-1)60-43-46-69(47-44-60)88(71-30-15-25-63(53-71)64-41-39-58-21-7-9-23-61(58)51-64)82-37-13-11-31-75(82)78-34-18-36-80-77-49-45-67(55-84(77)90-86(78)80)73-50-48-72(56-81(73)66-42-40-59-22-8-10-24-62(59)52-66)87(68-27-5-2-6-28-68)70-29-16-26-65(54-70)74-33-17-35-79-76-32-12-14-38-83(76)89-85(74)79/h1-56H. The zero-order valence-corrected chi connectivity index (χ0v) is 50.7. The average Bonchev–Trinajstić information content (AvgIpc) is 1.61. The van der Waals surface area contributed by atoms with E-state index in [-0.39, 0.29) is 0 Å². The largest absolute Gasteiger partial charge is 0.310 e. The van der Waals surface area contributed by atoms with Crippen LogP contribution in [0, 0.1) is 0 Å². The zero-order chi connectivity index (χ0) is 59.5. The number of para-hydroxylation sites is 2. The van der Waals surface area contributed by atoms with Crippen LogP contribution in [-0.4, -0.2) is 0 Å². The third-order valence-corrected chi connectivity index (χ3v) is 20.2. The first-order valence-corrected chi connectivity index (χ1v) is 32.3. The molecule has 15 aromatic carbocycles. The van der Waals surface area contributed by atoms with E-state index in [9.17, 15) is 0 Å². The van der Waals surface area contributed by atoms with Gasteiger partial charge in [0.2, 0.25) is 0 Å². The van der Waals surface area contributed by atoms with Crippen LogP contribution in [0.2, 0.25) is 0 Å². The summed E-state index contributed by atoms with van der Waals surface area (Å²) in [6, 6.07) is 125. The third-order valence-electron chi connectivity index (χ3n) is 17.8. The Morgan fingerprint density at radius 3 is 1.41 bits per heavy atom. The Morgan fingerprint density at radius 1 is 0.189 bits per heavy atom. The second kappa shape index (κ2) is 22.5. The highest BCUT2D eigenvalue weighted by Crippen LogP contribution is 2.50. The maximum Gasteiger partial charge on any atom is 0.0540 e. The minimum atomic E-state index is 1.08. The molecule has 0 aliphatic carbocycles. The highest BCUT2D eigenvalue weighted by Gasteiger charge is 2.23. The van der Waals surface area contributed by atoms with Crippen LogP contribution in [0.25, 0.3) is 129 Å². The van der Waals surface area contributed by atoms with E-state index in [0.717, 1.165) is 39.7 Å². The summed E-state index contributed by atoms with van der Waals surface area (Å²) in [7, 11) is 0. The molecule has 0 amide bonds. The highest BCUT2D eigenvalue weighted by molar-refractivity contribution is 7.26. The molecular weight excluding hydrogens is 1130 g/mol. The number of rotatable bonds is 12. The fourth-order valence-electron chi connectivity index (χ4n) is 13.5. The molecule has 0 unspecified atom stereocenters. The number of thiophene rings is 2. The van der Waals surface area contributed by atoms with Crippen LogP contribution in [0.1, 0.15) is 0 Å². The van der Waals surface area contributed by atoms with Crippen LogP contribution in [0.3, 0.4) is 0 Å². The summed E-state index contributed by atoms with van der Waals surface area (Å²) in [5.74, 6) is 0. The molecule has 0 N–H and O–H groups in total. The van der Waals surface area contributed by atoms with Crippen LogP contribution in [-0.2, 0) is 0 Å². The maximum absolute atomic E-state index is 2.44. The molecule has 0 atom stereocenters. The maximum atomic E-state index is 2.44. The van der Waals surface area contributed by atoms with Crippen molar-refractivity contribution in [2.24, 2.45) is 0 Å². The molecule has 0 fully saturated rings. The molecule has 422 valence electrons. The van der Waals surface area contributed by atoms with Crippen molar-refractivity contribution in [2.75, 3.05) is 9.80 Å². The van der Waals surface area contributed by atoms with E-state index in [1.807, 2.05) is 22.7 Å². The first-order valence-electron chi connectivity index (χ1n) is 30.7. The molecule has 0 saturated heterocycles. The van der Waals surface area contributed by atoms with E-state index in [1.165, 1.54) is 123 Å². The molecule has 2 nitrogen and oxygen atoms in total. The van der Waals surface area contributed by atoms with E-state index in [0.29, 0.717) is 0 Å². The Hall–Kier alpha value is -11.1. The van der Waals surface area contributed by atoms with Gasteiger partial charge in [-0.05, 0) is 168 Å². The highest BCUT2D eigenvalue weighted by atomic mass is 32.1. The predicted molar refractivity (Wildman–Crippen MR) is 389 cm³/mol. The van der Waals surface area contributed by atoms with Gasteiger partial charge < -0.3 is 9.80 Å². The van der Waals surface area contributed by atoms with Crippen LogP contribution in [0.15, 0.2) is 340 Å². The molecule has 0 bridgehead atoms. The molecule has 0 radical (unpaired) electrons. The second-order valence-corrected chi connectivity index (χ2v) is 25.3. The molecule has 2 heterocycles. The van der Waals surface area contributed by atoms with Gasteiger partial charge in [-0.15, -0.1) is 22.7 Å². The predicted octanol–water partition coefficient (Wildman–Crippen LogP) is 25.7. The van der Waals surface area contributed by atoms with Crippen molar-refractivity contribution in [3.63, 3.8) is 0 Å². The fourth-order valence-corrected chi connectivity index (χ4v) is 16.0. The van der Waals surface area contributed by atoms with Gasteiger partial charge >= 0.3 is 0 Å². The lowest BCUT2D eigenvalue weighted by atomic mass is 9.92. The average molecular weight is 1180 g/mol. The van der Waals surface area contributed by atoms with Crippen molar-refractivity contribution < 1.29 is 0 Å². The summed E-state index contributed by atoms with van der Waals surface area (Å²) >= 11 is 3.76. The first-order chi connectivity index (χ1) is 44.6. The Morgan fingerprint density at radius 2 is 0.633 bits per heavy atom. The smallest absolute Gasteiger partial charge is 0.0540 e.